The highest BCUT2D eigenvalue weighted by Gasteiger charge is 1.98. The lowest BCUT2D eigenvalue weighted by Crippen LogP contribution is -2.02. The molecule has 0 aromatic heterocycles. The first-order valence-electron chi connectivity index (χ1n) is 3.77. The zero-order chi connectivity index (χ0) is 8.97. The highest BCUT2D eigenvalue weighted by molar-refractivity contribution is 7.80. The molecule has 0 fully saturated rings. The Balaban J connectivity index is 2.72. The van der Waals surface area contributed by atoms with E-state index in [9.17, 15) is 0 Å². The van der Waals surface area contributed by atoms with Gasteiger partial charge in [-0.1, -0.05) is 0 Å². The number of aryl methyl sites for hydroxylation is 1. The highest BCUT2D eigenvalue weighted by atomic mass is 32.1. The Kier molecular flexibility index (Phi) is 3.44. The molecule has 0 radical (unpaired) electrons. The minimum atomic E-state index is 0.0437. The van der Waals surface area contributed by atoms with E-state index in [1.165, 1.54) is 0 Å². The molecular formula is C9H12O2S. The third-order valence-electron chi connectivity index (χ3n) is 1.51. The van der Waals surface area contributed by atoms with Gasteiger partial charge in [0.15, 0.2) is 0 Å². The summed E-state index contributed by atoms with van der Waals surface area (Å²) in [6, 6.07) is 5.64. The minimum Gasteiger partial charge on any atom is -0.491 e. The van der Waals surface area contributed by atoms with Crippen LogP contribution in [0.2, 0.25) is 0 Å². The summed E-state index contributed by atoms with van der Waals surface area (Å²) < 4.78 is 5.26. The van der Waals surface area contributed by atoms with Gasteiger partial charge in [-0.2, -0.15) is 0 Å². The van der Waals surface area contributed by atoms with Crippen molar-refractivity contribution < 1.29 is 9.84 Å². The van der Waals surface area contributed by atoms with Gasteiger partial charge in [0.05, 0.1) is 6.61 Å². The van der Waals surface area contributed by atoms with Gasteiger partial charge in [-0.3, -0.25) is 0 Å². The molecule has 0 bridgehead atoms. The van der Waals surface area contributed by atoms with Crippen LogP contribution in [-0.4, -0.2) is 18.3 Å². The molecule has 1 N–H and O–H groups in total. The molecule has 2 nitrogen and oxygen atoms in total. The van der Waals surface area contributed by atoms with Crippen molar-refractivity contribution in [2.24, 2.45) is 0 Å². The zero-order valence-corrected chi connectivity index (χ0v) is 7.84. The van der Waals surface area contributed by atoms with Gasteiger partial charge in [0, 0.05) is 4.90 Å². The molecule has 0 aliphatic carbocycles. The Morgan fingerprint density at radius 1 is 1.50 bits per heavy atom. The maximum atomic E-state index is 8.53. The molecule has 0 saturated carbocycles. The number of hydrogen-bond acceptors (Lipinski definition) is 3. The van der Waals surface area contributed by atoms with Crippen molar-refractivity contribution in [1.29, 1.82) is 0 Å². The Labute approximate surface area is 77.6 Å². The summed E-state index contributed by atoms with van der Waals surface area (Å²) >= 11 is 4.19. The number of thiol groups is 1. The molecule has 0 aliphatic heterocycles. The van der Waals surface area contributed by atoms with E-state index in [0.29, 0.717) is 6.61 Å². The quantitative estimate of drug-likeness (QED) is 0.699. The van der Waals surface area contributed by atoms with Gasteiger partial charge in [-0.25, -0.2) is 0 Å². The van der Waals surface area contributed by atoms with E-state index >= 15 is 0 Å². The second-order valence-electron chi connectivity index (χ2n) is 2.52. The average molecular weight is 184 g/mol. The molecule has 0 amide bonds. The van der Waals surface area contributed by atoms with Gasteiger partial charge in [-0.15, -0.1) is 12.6 Å². The predicted molar refractivity (Wildman–Crippen MR) is 51.0 cm³/mol. The SMILES string of the molecule is Cc1cc(S)ccc1OCCO. The van der Waals surface area contributed by atoms with Gasteiger partial charge >= 0.3 is 0 Å². The van der Waals surface area contributed by atoms with E-state index < -0.39 is 0 Å². The molecule has 1 aromatic rings. The number of hydrogen-bond donors (Lipinski definition) is 2. The van der Waals surface area contributed by atoms with Crippen molar-refractivity contribution in [3.05, 3.63) is 23.8 Å². The lowest BCUT2D eigenvalue weighted by atomic mass is 10.2. The van der Waals surface area contributed by atoms with Crippen molar-refractivity contribution in [3.63, 3.8) is 0 Å². The van der Waals surface area contributed by atoms with E-state index in [1.807, 2.05) is 25.1 Å². The largest absolute Gasteiger partial charge is 0.491 e. The average Bonchev–Trinajstić information content (AvgIpc) is 2.03. The van der Waals surface area contributed by atoms with Crippen LogP contribution in [0.25, 0.3) is 0 Å². The summed E-state index contributed by atoms with van der Waals surface area (Å²) in [5, 5.41) is 8.53. The van der Waals surface area contributed by atoms with Crippen molar-refractivity contribution in [3.8, 4) is 5.75 Å². The summed E-state index contributed by atoms with van der Waals surface area (Å²) in [5.41, 5.74) is 1.04. The van der Waals surface area contributed by atoms with Crippen molar-refractivity contribution in [1.82, 2.24) is 0 Å². The first kappa shape index (κ1) is 9.42. The van der Waals surface area contributed by atoms with Crippen LogP contribution in [0.3, 0.4) is 0 Å². The predicted octanol–water partition coefficient (Wildman–Crippen LogP) is 1.65. The van der Waals surface area contributed by atoms with Gasteiger partial charge in [0.2, 0.25) is 0 Å². The first-order valence-corrected chi connectivity index (χ1v) is 4.22. The van der Waals surface area contributed by atoms with Crippen molar-refractivity contribution >= 4 is 12.6 Å². The third-order valence-corrected chi connectivity index (χ3v) is 1.79. The second kappa shape index (κ2) is 4.38. The molecule has 66 valence electrons. The number of rotatable bonds is 3. The van der Waals surface area contributed by atoms with Gasteiger partial charge in [0.25, 0.3) is 0 Å². The maximum absolute atomic E-state index is 8.53. The summed E-state index contributed by atoms with van der Waals surface area (Å²) in [6.45, 7) is 2.33. The minimum absolute atomic E-state index is 0.0437. The van der Waals surface area contributed by atoms with E-state index in [0.717, 1.165) is 16.2 Å². The highest BCUT2D eigenvalue weighted by Crippen LogP contribution is 2.20. The van der Waals surface area contributed by atoms with E-state index in [4.69, 9.17) is 9.84 Å². The number of ether oxygens (including phenoxy) is 1. The standard InChI is InChI=1S/C9H12O2S/c1-7-6-8(12)2-3-9(7)11-5-4-10/h2-3,6,10,12H,4-5H2,1H3. The summed E-state index contributed by atoms with van der Waals surface area (Å²) in [6.07, 6.45) is 0. The van der Waals surface area contributed by atoms with Crippen molar-refractivity contribution in [2.45, 2.75) is 11.8 Å². The van der Waals surface area contributed by atoms with Crippen LogP contribution in [0.1, 0.15) is 5.56 Å². The third kappa shape index (κ3) is 2.43. The number of benzene rings is 1. The van der Waals surface area contributed by atoms with Crippen LogP contribution in [0, 0.1) is 6.92 Å². The fourth-order valence-electron chi connectivity index (χ4n) is 0.951. The van der Waals surface area contributed by atoms with E-state index in [-0.39, 0.29) is 6.61 Å². The monoisotopic (exact) mass is 184 g/mol. The topological polar surface area (TPSA) is 29.5 Å². The molecule has 0 heterocycles. The Bertz CT molecular complexity index is 261. The molecular weight excluding hydrogens is 172 g/mol. The second-order valence-corrected chi connectivity index (χ2v) is 3.04. The molecule has 1 aromatic carbocycles. The van der Waals surface area contributed by atoms with Crippen LogP contribution in [0.5, 0.6) is 5.75 Å². The maximum Gasteiger partial charge on any atom is 0.122 e. The van der Waals surface area contributed by atoms with E-state index in [1.54, 1.807) is 0 Å². The van der Waals surface area contributed by atoms with Gasteiger partial charge in [0.1, 0.15) is 12.4 Å². The lowest BCUT2D eigenvalue weighted by Gasteiger charge is -2.07. The molecule has 3 heteroatoms. The lowest BCUT2D eigenvalue weighted by molar-refractivity contribution is 0.200. The molecule has 0 aliphatic rings. The van der Waals surface area contributed by atoms with Crippen LogP contribution in [0.15, 0.2) is 23.1 Å². The Morgan fingerprint density at radius 3 is 2.83 bits per heavy atom. The molecule has 0 saturated heterocycles. The van der Waals surface area contributed by atoms with Crippen LogP contribution in [-0.2, 0) is 0 Å². The summed E-state index contributed by atoms with van der Waals surface area (Å²) in [7, 11) is 0. The number of aliphatic hydroxyl groups is 1. The van der Waals surface area contributed by atoms with Crippen molar-refractivity contribution in [2.75, 3.05) is 13.2 Å². The summed E-state index contributed by atoms with van der Waals surface area (Å²) in [5.74, 6) is 0.807. The Hall–Kier alpha value is -0.670. The van der Waals surface area contributed by atoms with Gasteiger partial charge < -0.3 is 9.84 Å². The van der Waals surface area contributed by atoms with E-state index in [2.05, 4.69) is 12.6 Å². The molecule has 0 spiro atoms. The fourth-order valence-corrected chi connectivity index (χ4v) is 1.22. The first-order chi connectivity index (χ1) is 5.74. The summed E-state index contributed by atoms with van der Waals surface area (Å²) in [4.78, 5) is 0.920. The van der Waals surface area contributed by atoms with Crippen LogP contribution >= 0.6 is 12.6 Å². The molecule has 0 atom stereocenters. The molecule has 12 heavy (non-hydrogen) atoms. The van der Waals surface area contributed by atoms with Gasteiger partial charge in [-0.05, 0) is 30.7 Å². The van der Waals surface area contributed by atoms with Crippen LogP contribution < -0.4 is 4.74 Å². The van der Waals surface area contributed by atoms with Crippen LogP contribution in [0.4, 0.5) is 0 Å². The zero-order valence-electron chi connectivity index (χ0n) is 6.95. The fraction of sp³-hybridized carbons (Fsp3) is 0.333. The number of aliphatic hydroxyl groups excluding tert-OH is 1. The molecule has 0 unspecified atom stereocenters. The molecule has 1 rings (SSSR count). The Morgan fingerprint density at radius 2 is 2.25 bits per heavy atom. The normalized spacial score (nSPS) is 9.92. The smallest absolute Gasteiger partial charge is 0.122 e.